The van der Waals surface area contributed by atoms with Crippen LogP contribution in [0, 0.1) is 11.3 Å². The molecule has 1 saturated carbocycles. The first-order valence-corrected chi connectivity index (χ1v) is 12.3. The molecule has 1 spiro atoms. The van der Waals surface area contributed by atoms with Gasteiger partial charge in [-0.3, -0.25) is 4.79 Å². The minimum absolute atomic E-state index is 0.00971. The predicted molar refractivity (Wildman–Crippen MR) is 133 cm³/mol. The van der Waals surface area contributed by atoms with Gasteiger partial charge in [0.25, 0.3) is 5.91 Å². The summed E-state index contributed by atoms with van der Waals surface area (Å²) in [5.41, 5.74) is 0.909. The first kappa shape index (κ1) is 23.5. The first-order chi connectivity index (χ1) is 16.7. The molecule has 1 amide bonds. The van der Waals surface area contributed by atoms with Crippen molar-refractivity contribution in [1.29, 1.82) is 5.26 Å². The number of fused-ring (bicyclic) bond motifs is 2. The van der Waals surface area contributed by atoms with Crippen molar-refractivity contribution in [3.63, 3.8) is 0 Å². The summed E-state index contributed by atoms with van der Waals surface area (Å²) in [6.07, 6.45) is 6.66. The number of nitrogens with zero attached hydrogens (tertiary/aromatic N) is 7. The zero-order valence-corrected chi connectivity index (χ0v) is 21.2. The van der Waals surface area contributed by atoms with Gasteiger partial charge in [0, 0.05) is 56.0 Å². The van der Waals surface area contributed by atoms with E-state index in [1.807, 2.05) is 24.8 Å². The van der Waals surface area contributed by atoms with Crippen molar-refractivity contribution in [3.8, 4) is 6.07 Å². The van der Waals surface area contributed by atoms with Gasteiger partial charge in [-0.1, -0.05) is 6.42 Å². The fraction of sp³-hybridized carbons (Fsp3) is 0.577. The quantitative estimate of drug-likeness (QED) is 0.665. The number of carbonyl (C=O) groups is 1. The summed E-state index contributed by atoms with van der Waals surface area (Å²) in [6, 6.07) is 5.87. The molecular formula is C26H33N7O2. The summed E-state index contributed by atoms with van der Waals surface area (Å²) in [5, 5.41) is 9.39. The maximum Gasteiger partial charge on any atom is 0.254 e. The van der Waals surface area contributed by atoms with Gasteiger partial charge < -0.3 is 19.4 Å². The number of ether oxygens (including phenoxy) is 1. The number of anilines is 3. The molecule has 5 rings (SSSR count). The van der Waals surface area contributed by atoms with E-state index in [1.54, 1.807) is 25.7 Å². The van der Waals surface area contributed by atoms with Gasteiger partial charge in [-0.15, -0.1) is 0 Å². The Balaban J connectivity index is 1.51. The van der Waals surface area contributed by atoms with Crippen molar-refractivity contribution < 1.29 is 9.53 Å². The predicted octanol–water partition coefficient (Wildman–Crippen LogP) is 3.17. The molecule has 0 radical (unpaired) electrons. The molecule has 0 unspecified atom stereocenters. The van der Waals surface area contributed by atoms with Crippen molar-refractivity contribution in [1.82, 2.24) is 19.9 Å². The lowest BCUT2D eigenvalue weighted by Gasteiger charge is -2.48. The SMILES string of the molecule is COC(C)(C)C(=O)N1C[C@H](C)N(c2ncnc3c2C2(CCC2)CN3c2cc(C#N)ccn2)C[C@H]1C. The Bertz CT molecular complexity index is 1190. The number of nitriles is 1. The highest BCUT2D eigenvalue weighted by molar-refractivity contribution is 5.85. The molecule has 2 atom stereocenters. The van der Waals surface area contributed by atoms with Crippen LogP contribution in [-0.2, 0) is 14.9 Å². The molecule has 0 bridgehead atoms. The summed E-state index contributed by atoms with van der Waals surface area (Å²) in [6.45, 7) is 9.97. The number of carbonyl (C=O) groups excluding carboxylic acids is 1. The summed E-state index contributed by atoms with van der Waals surface area (Å²) in [5.74, 6) is 2.61. The van der Waals surface area contributed by atoms with Crippen molar-refractivity contribution >= 4 is 23.4 Å². The smallest absolute Gasteiger partial charge is 0.254 e. The third-order valence-corrected chi connectivity index (χ3v) is 8.06. The van der Waals surface area contributed by atoms with Crippen LogP contribution in [0.4, 0.5) is 17.5 Å². The lowest BCUT2D eigenvalue weighted by molar-refractivity contribution is -0.154. The van der Waals surface area contributed by atoms with Gasteiger partial charge in [0.1, 0.15) is 29.4 Å². The average molecular weight is 476 g/mol. The van der Waals surface area contributed by atoms with Crippen LogP contribution in [0.25, 0.3) is 0 Å². The second-order valence-corrected chi connectivity index (χ2v) is 10.7. The molecule has 2 aromatic rings. The Morgan fingerprint density at radius 3 is 2.57 bits per heavy atom. The number of amides is 1. The number of hydrogen-bond donors (Lipinski definition) is 0. The highest BCUT2D eigenvalue weighted by Crippen LogP contribution is 2.56. The zero-order valence-electron chi connectivity index (χ0n) is 21.2. The van der Waals surface area contributed by atoms with Gasteiger partial charge in [0.2, 0.25) is 0 Å². The third kappa shape index (κ3) is 3.71. The Hall–Kier alpha value is -3.25. The lowest BCUT2D eigenvalue weighted by atomic mass is 9.66. The number of piperazine rings is 1. The molecule has 4 heterocycles. The number of hydrogen-bond acceptors (Lipinski definition) is 8. The van der Waals surface area contributed by atoms with E-state index in [1.165, 1.54) is 12.0 Å². The molecule has 9 nitrogen and oxygen atoms in total. The minimum Gasteiger partial charge on any atom is -0.369 e. The molecule has 35 heavy (non-hydrogen) atoms. The van der Waals surface area contributed by atoms with Crippen LogP contribution in [-0.4, -0.2) is 70.2 Å². The first-order valence-electron chi connectivity index (χ1n) is 12.3. The van der Waals surface area contributed by atoms with E-state index < -0.39 is 5.60 Å². The molecule has 0 aromatic carbocycles. The van der Waals surface area contributed by atoms with E-state index >= 15 is 0 Å². The van der Waals surface area contributed by atoms with Gasteiger partial charge in [-0.05, 0) is 52.7 Å². The topological polar surface area (TPSA) is 98.5 Å². The second-order valence-electron chi connectivity index (χ2n) is 10.7. The van der Waals surface area contributed by atoms with Crippen LogP contribution >= 0.6 is 0 Å². The highest BCUT2D eigenvalue weighted by atomic mass is 16.5. The van der Waals surface area contributed by atoms with Crippen LogP contribution in [0.2, 0.25) is 0 Å². The maximum atomic E-state index is 13.2. The van der Waals surface area contributed by atoms with Gasteiger partial charge in [-0.25, -0.2) is 15.0 Å². The molecule has 1 aliphatic carbocycles. The zero-order chi connectivity index (χ0) is 25.0. The Labute approximate surface area is 206 Å². The summed E-state index contributed by atoms with van der Waals surface area (Å²) in [4.78, 5) is 33.7. The highest BCUT2D eigenvalue weighted by Gasteiger charge is 2.52. The molecule has 184 valence electrons. The van der Waals surface area contributed by atoms with Gasteiger partial charge in [0.05, 0.1) is 11.6 Å². The second kappa shape index (κ2) is 8.45. The van der Waals surface area contributed by atoms with E-state index in [9.17, 15) is 10.1 Å². The fourth-order valence-corrected chi connectivity index (χ4v) is 5.70. The lowest BCUT2D eigenvalue weighted by Crippen LogP contribution is -2.62. The largest absolute Gasteiger partial charge is 0.369 e. The molecule has 9 heteroatoms. The Morgan fingerprint density at radius 1 is 1.17 bits per heavy atom. The van der Waals surface area contributed by atoms with Crippen LogP contribution in [0.5, 0.6) is 0 Å². The van der Waals surface area contributed by atoms with E-state index in [0.717, 1.165) is 36.8 Å². The van der Waals surface area contributed by atoms with E-state index in [-0.39, 0.29) is 23.4 Å². The van der Waals surface area contributed by atoms with E-state index in [2.05, 4.69) is 34.7 Å². The third-order valence-electron chi connectivity index (χ3n) is 8.06. The normalized spacial score (nSPS) is 23.1. The Morgan fingerprint density at radius 2 is 1.91 bits per heavy atom. The molecule has 0 N–H and O–H groups in total. The minimum atomic E-state index is -0.853. The molecular weight excluding hydrogens is 442 g/mol. The summed E-state index contributed by atoms with van der Waals surface area (Å²) >= 11 is 0. The fourth-order valence-electron chi connectivity index (χ4n) is 5.70. The standard InChI is InChI=1S/C26H33N7O2/c1-17-14-32(24(34)25(3,4)35-5)18(2)13-31(17)22-21-23(30-16-29-22)33(15-26(21)8-6-9-26)20-11-19(12-27)7-10-28-20/h7,10-11,16-18H,6,8-9,13-15H2,1-5H3/t17-,18+/m0/s1. The molecule has 2 fully saturated rings. The van der Waals surface area contributed by atoms with Crippen LogP contribution in [0.1, 0.15) is 58.1 Å². The average Bonchev–Trinajstić information content (AvgIpc) is 3.21. The van der Waals surface area contributed by atoms with Crippen LogP contribution < -0.4 is 9.80 Å². The summed E-state index contributed by atoms with van der Waals surface area (Å²) < 4.78 is 5.47. The molecule has 1 saturated heterocycles. The van der Waals surface area contributed by atoms with E-state index in [0.29, 0.717) is 18.7 Å². The number of pyridine rings is 1. The summed E-state index contributed by atoms with van der Waals surface area (Å²) in [7, 11) is 1.58. The van der Waals surface area contributed by atoms with Crippen molar-refractivity contribution in [3.05, 3.63) is 35.8 Å². The number of methoxy groups -OCH3 is 1. The van der Waals surface area contributed by atoms with Gasteiger partial charge >= 0.3 is 0 Å². The molecule has 2 aliphatic heterocycles. The van der Waals surface area contributed by atoms with Gasteiger partial charge in [0.15, 0.2) is 0 Å². The molecule has 2 aromatic heterocycles. The van der Waals surface area contributed by atoms with Crippen molar-refractivity contribution in [2.75, 3.05) is 36.5 Å². The van der Waals surface area contributed by atoms with Crippen molar-refractivity contribution in [2.24, 2.45) is 0 Å². The number of rotatable bonds is 4. The van der Waals surface area contributed by atoms with E-state index in [4.69, 9.17) is 14.7 Å². The van der Waals surface area contributed by atoms with Gasteiger partial charge in [-0.2, -0.15) is 5.26 Å². The Kier molecular flexibility index (Phi) is 5.67. The monoisotopic (exact) mass is 475 g/mol. The molecule has 3 aliphatic rings. The van der Waals surface area contributed by atoms with Crippen LogP contribution in [0.15, 0.2) is 24.7 Å². The number of aromatic nitrogens is 3. The van der Waals surface area contributed by atoms with Crippen molar-refractivity contribution in [2.45, 2.75) is 70.1 Å². The van der Waals surface area contributed by atoms with Crippen LogP contribution in [0.3, 0.4) is 0 Å². The maximum absolute atomic E-state index is 13.2.